The Morgan fingerprint density at radius 3 is 1.80 bits per heavy atom. The fourth-order valence-electron chi connectivity index (χ4n) is 2.02. The summed E-state index contributed by atoms with van der Waals surface area (Å²) in [5.41, 5.74) is 3.88. The average molecular weight is 227 g/mol. The first-order chi connectivity index (χ1) is 6.68. The second kappa shape index (κ2) is 3.71. The van der Waals surface area contributed by atoms with E-state index in [0.29, 0.717) is 10.8 Å². The Labute approximate surface area is 97.1 Å². The Bertz CT molecular complexity index is 371. The quantitative estimate of drug-likeness (QED) is 0.701. The van der Waals surface area contributed by atoms with Crippen molar-refractivity contribution in [3.63, 3.8) is 0 Å². The predicted octanol–water partition coefficient (Wildman–Crippen LogP) is 4.27. The van der Waals surface area contributed by atoms with E-state index in [2.05, 4.69) is 20.8 Å². The fourth-order valence-corrected chi connectivity index (χ4v) is 2.25. The van der Waals surface area contributed by atoms with Gasteiger partial charge in [-0.05, 0) is 37.3 Å². The summed E-state index contributed by atoms with van der Waals surface area (Å²) < 4.78 is 0. The summed E-state index contributed by atoms with van der Waals surface area (Å²) in [5, 5.41) is 10.8. The highest BCUT2D eigenvalue weighted by atomic mass is 35.5. The van der Waals surface area contributed by atoms with E-state index in [9.17, 15) is 5.11 Å². The molecule has 1 aromatic rings. The third-order valence-electron chi connectivity index (χ3n) is 2.94. The molecule has 0 fully saturated rings. The van der Waals surface area contributed by atoms with Crippen LogP contribution in [-0.2, 0) is 5.41 Å². The number of phenolic OH excluding ortho intramolecular Hbond substituents is 1. The largest absolute Gasteiger partial charge is 0.507 e. The second-order valence-electron chi connectivity index (χ2n) is 5.16. The van der Waals surface area contributed by atoms with E-state index in [1.54, 1.807) is 0 Å². The smallest absolute Gasteiger partial charge is 0.123 e. The SMILES string of the molecule is Cc1c(C)c(C(C)(C)C)c(O)c(C)c1Cl. The molecule has 1 nitrogen and oxygen atoms in total. The summed E-state index contributed by atoms with van der Waals surface area (Å²) >= 11 is 6.15. The minimum Gasteiger partial charge on any atom is -0.507 e. The molecule has 0 unspecified atom stereocenters. The molecule has 0 heterocycles. The van der Waals surface area contributed by atoms with Gasteiger partial charge in [0.2, 0.25) is 0 Å². The maximum Gasteiger partial charge on any atom is 0.123 e. The van der Waals surface area contributed by atoms with Crippen molar-refractivity contribution in [1.82, 2.24) is 0 Å². The van der Waals surface area contributed by atoms with E-state index in [4.69, 9.17) is 11.6 Å². The van der Waals surface area contributed by atoms with Crippen molar-refractivity contribution in [3.8, 4) is 5.75 Å². The van der Waals surface area contributed by atoms with Gasteiger partial charge in [0.05, 0.1) is 5.02 Å². The zero-order chi connectivity index (χ0) is 12.0. The third kappa shape index (κ3) is 1.98. The van der Waals surface area contributed by atoms with Crippen LogP contribution in [0.4, 0.5) is 0 Å². The Hall–Kier alpha value is -0.690. The highest BCUT2D eigenvalue weighted by Gasteiger charge is 2.24. The maximum absolute atomic E-state index is 10.1. The first-order valence-corrected chi connectivity index (χ1v) is 5.54. The van der Waals surface area contributed by atoms with Crippen molar-refractivity contribution in [2.24, 2.45) is 0 Å². The zero-order valence-corrected chi connectivity index (χ0v) is 11.1. The summed E-state index contributed by atoms with van der Waals surface area (Å²) in [6.45, 7) is 12.2. The maximum atomic E-state index is 10.1. The average Bonchev–Trinajstić information content (AvgIpc) is 2.09. The minimum atomic E-state index is -0.0612. The summed E-state index contributed by atoms with van der Waals surface area (Å²) in [5.74, 6) is 0.343. The van der Waals surface area contributed by atoms with E-state index in [-0.39, 0.29) is 5.41 Å². The van der Waals surface area contributed by atoms with Crippen LogP contribution in [0.5, 0.6) is 5.75 Å². The first kappa shape index (κ1) is 12.4. The lowest BCUT2D eigenvalue weighted by molar-refractivity contribution is 0.441. The number of halogens is 1. The van der Waals surface area contributed by atoms with Crippen molar-refractivity contribution >= 4 is 11.6 Å². The lowest BCUT2D eigenvalue weighted by atomic mass is 9.81. The van der Waals surface area contributed by atoms with E-state index < -0.39 is 0 Å². The van der Waals surface area contributed by atoms with Crippen molar-refractivity contribution in [3.05, 3.63) is 27.3 Å². The van der Waals surface area contributed by atoms with Crippen LogP contribution in [0.1, 0.15) is 43.0 Å². The zero-order valence-electron chi connectivity index (χ0n) is 10.3. The number of hydrogen-bond donors (Lipinski definition) is 1. The normalized spacial score (nSPS) is 11.9. The number of rotatable bonds is 0. The van der Waals surface area contributed by atoms with Gasteiger partial charge in [0.1, 0.15) is 5.75 Å². The molecule has 2 heteroatoms. The standard InChI is InChI=1S/C13H19ClO/c1-7-8(2)11(14)9(3)12(15)10(7)13(4,5)6/h15H,1-6H3. The molecule has 0 aromatic heterocycles. The number of aromatic hydroxyl groups is 1. The molecule has 0 aliphatic heterocycles. The van der Waals surface area contributed by atoms with E-state index >= 15 is 0 Å². The molecule has 0 radical (unpaired) electrons. The Morgan fingerprint density at radius 2 is 1.40 bits per heavy atom. The lowest BCUT2D eigenvalue weighted by Crippen LogP contribution is -2.15. The first-order valence-electron chi connectivity index (χ1n) is 5.16. The fraction of sp³-hybridized carbons (Fsp3) is 0.538. The highest BCUT2D eigenvalue weighted by molar-refractivity contribution is 6.32. The molecule has 0 aliphatic rings. The predicted molar refractivity (Wildman–Crippen MR) is 66.0 cm³/mol. The van der Waals surface area contributed by atoms with E-state index in [1.165, 1.54) is 0 Å². The summed E-state index contributed by atoms with van der Waals surface area (Å²) in [6.07, 6.45) is 0. The third-order valence-corrected chi connectivity index (χ3v) is 3.50. The van der Waals surface area contributed by atoms with Crippen LogP contribution in [0, 0.1) is 20.8 Å². The molecule has 0 bridgehead atoms. The summed E-state index contributed by atoms with van der Waals surface area (Å²) in [7, 11) is 0. The Balaban J connectivity index is 3.68. The molecular formula is C13H19ClO. The molecular weight excluding hydrogens is 208 g/mol. The second-order valence-corrected chi connectivity index (χ2v) is 5.54. The van der Waals surface area contributed by atoms with Crippen molar-refractivity contribution in [2.75, 3.05) is 0 Å². The Morgan fingerprint density at radius 1 is 0.933 bits per heavy atom. The van der Waals surface area contributed by atoms with Gasteiger partial charge in [-0.3, -0.25) is 0 Å². The van der Waals surface area contributed by atoms with Crippen LogP contribution in [0.25, 0.3) is 0 Å². The van der Waals surface area contributed by atoms with Crippen LogP contribution < -0.4 is 0 Å². The monoisotopic (exact) mass is 226 g/mol. The van der Waals surface area contributed by atoms with Gasteiger partial charge in [-0.1, -0.05) is 32.4 Å². The minimum absolute atomic E-state index is 0.0612. The molecule has 0 atom stereocenters. The summed E-state index contributed by atoms with van der Waals surface area (Å²) in [6, 6.07) is 0. The van der Waals surface area contributed by atoms with Gasteiger partial charge in [-0.2, -0.15) is 0 Å². The molecule has 0 spiro atoms. The number of benzene rings is 1. The van der Waals surface area contributed by atoms with Gasteiger partial charge in [-0.15, -0.1) is 0 Å². The molecule has 1 aromatic carbocycles. The van der Waals surface area contributed by atoms with Gasteiger partial charge >= 0.3 is 0 Å². The van der Waals surface area contributed by atoms with Crippen LogP contribution in [-0.4, -0.2) is 5.11 Å². The van der Waals surface area contributed by atoms with Crippen LogP contribution >= 0.6 is 11.6 Å². The Kier molecular flexibility index (Phi) is 3.06. The van der Waals surface area contributed by atoms with E-state index in [0.717, 1.165) is 22.3 Å². The van der Waals surface area contributed by atoms with E-state index in [1.807, 2.05) is 20.8 Å². The van der Waals surface area contributed by atoms with Gasteiger partial charge < -0.3 is 5.11 Å². The molecule has 15 heavy (non-hydrogen) atoms. The molecule has 0 saturated heterocycles. The van der Waals surface area contributed by atoms with Crippen molar-refractivity contribution in [2.45, 2.75) is 47.0 Å². The van der Waals surface area contributed by atoms with Gasteiger partial charge in [-0.25, -0.2) is 0 Å². The molecule has 84 valence electrons. The summed E-state index contributed by atoms with van der Waals surface area (Å²) in [4.78, 5) is 0. The van der Waals surface area contributed by atoms with Crippen LogP contribution in [0.15, 0.2) is 0 Å². The van der Waals surface area contributed by atoms with Crippen molar-refractivity contribution in [1.29, 1.82) is 0 Å². The number of hydrogen-bond acceptors (Lipinski definition) is 1. The topological polar surface area (TPSA) is 20.2 Å². The molecule has 0 amide bonds. The van der Waals surface area contributed by atoms with Crippen molar-refractivity contribution < 1.29 is 5.11 Å². The molecule has 1 rings (SSSR count). The lowest BCUT2D eigenvalue weighted by Gasteiger charge is -2.26. The highest BCUT2D eigenvalue weighted by Crippen LogP contribution is 2.41. The molecule has 0 aliphatic carbocycles. The van der Waals surface area contributed by atoms with Crippen LogP contribution in [0.2, 0.25) is 5.02 Å². The van der Waals surface area contributed by atoms with Crippen LogP contribution in [0.3, 0.4) is 0 Å². The molecule has 1 N–H and O–H groups in total. The number of phenols is 1. The van der Waals surface area contributed by atoms with Gasteiger partial charge in [0.15, 0.2) is 0 Å². The van der Waals surface area contributed by atoms with Gasteiger partial charge in [0.25, 0.3) is 0 Å². The molecule has 0 saturated carbocycles. The van der Waals surface area contributed by atoms with Gasteiger partial charge in [0, 0.05) is 11.1 Å².